The summed E-state index contributed by atoms with van der Waals surface area (Å²) in [4.78, 5) is 13.1. The van der Waals surface area contributed by atoms with Crippen LogP contribution in [0.1, 0.15) is 13.3 Å². The molecule has 6 heteroatoms. The van der Waals surface area contributed by atoms with Crippen LogP contribution in [0.5, 0.6) is 0 Å². The van der Waals surface area contributed by atoms with E-state index in [0.717, 1.165) is 0 Å². The minimum Gasteiger partial charge on any atom is -0.466 e. The number of esters is 1. The first-order chi connectivity index (χ1) is 8.17. The van der Waals surface area contributed by atoms with Crippen LogP contribution in [-0.2, 0) is 14.3 Å². The van der Waals surface area contributed by atoms with Crippen molar-refractivity contribution < 1.29 is 24.5 Å². The molecule has 100 valence electrons. The van der Waals surface area contributed by atoms with Gasteiger partial charge in [-0.25, -0.2) is 0 Å². The molecule has 1 heterocycles. The van der Waals surface area contributed by atoms with Crippen LogP contribution >= 0.6 is 0 Å². The topological polar surface area (TPSA) is 79.2 Å². The van der Waals surface area contributed by atoms with Gasteiger partial charge in [0.2, 0.25) is 0 Å². The fraction of sp³-hybridized carbons (Fsp3) is 0.909. The van der Waals surface area contributed by atoms with Gasteiger partial charge in [0, 0.05) is 13.1 Å². The Bertz CT molecular complexity index is 236. The van der Waals surface area contributed by atoms with Gasteiger partial charge >= 0.3 is 5.97 Å². The predicted molar refractivity (Wildman–Crippen MR) is 60.5 cm³/mol. The number of aliphatic hydroxyl groups excluding tert-OH is 2. The van der Waals surface area contributed by atoms with Gasteiger partial charge in [0.1, 0.15) is 0 Å². The molecule has 0 radical (unpaired) electrons. The van der Waals surface area contributed by atoms with Gasteiger partial charge in [0.05, 0.1) is 45.0 Å². The molecule has 0 bridgehead atoms. The number of hydrogen-bond donors (Lipinski definition) is 2. The number of ether oxygens (including phenoxy) is 2. The molecule has 0 aromatic heterocycles. The molecule has 2 N–H and O–H groups in total. The van der Waals surface area contributed by atoms with Gasteiger partial charge in [-0.05, 0) is 6.92 Å². The molecule has 2 unspecified atom stereocenters. The largest absolute Gasteiger partial charge is 0.466 e. The van der Waals surface area contributed by atoms with Gasteiger partial charge in [0.15, 0.2) is 0 Å². The molecular weight excluding hydrogens is 226 g/mol. The van der Waals surface area contributed by atoms with Crippen molar-refractivity contribution in [1.29, 1.82) is 0 Å². The van der Waals surface area contributed by atoms with Crippen LogP contribution in [0.4, 0.5) is 0 Å². The van der Waals surface area contributed by atoms with Gasteiger partial charge in [-0.1, -0.05) is 0 Å². The second kappa shape index (κ2) is 7.60. The molecular formula is C11H21NO5. The van der Waals surface area contributed by atoms with Crippen LogP contribution in [0.2, 0.25) is 0 Å². The zero-order valence-electron chi connectivity index (χ0n) is 10.2. The maximum Gasteiger partial charge on any atom is 0.308 e. The van der Waals surface area contributed by atoms with Crippen molar-refractivity contribution in [3.63, 3.8) is 0 Å². The fourth-order valence-corrected chi connectivity index (χ4v) is 1.85. The summed E-state index contributed by atoms with van der Waals surface area (Å²) in [6.45, 7) is 4.10. The van der Waals surface area contributed by atoms with E-state index in [1.165, 1.54) is 0 Å². The summed E-state index contributed by atoms with van der Waals surface area (Å²) in [5.41, 5.74) is 0. The summed E-state index contributed by atoms with van der Waals surface area (Å²) in [6, 6.07) is -0.0967. The maximum atomic E-state index is 11.2. The minimum absolute atomic E-state index is 0.00781. The molecule has 6 nitrogen and oxygen atoms in total. The molecule has 0 saturated carbocycles. The highest BCUT2D eigenvalue weighted by molar-refractivity contribution is 5.69. The van der Waals surface area contributed by atoms with E-state index in [2.05, 4.69) is 0 Å². The number of nitrogens with zero attached hydrogens (tertiary/aromatic N) is 1. The second-order valence-electron chi connectivity index (χ2n) is 4.07. The number of morpholine rings is 1. The highest BCUT2D eigenvalue weighted by Crippen LogP contribution is 2.08. The predicted octanol–water partition coefficient (Wildman–Crippen LogP) is -1.01. The quantitative estimate of drug-likeness (QED) is 0.586. The Morgan fingerprint density at radius 1 is 1.65 bits per heavy atom. The molecule has 1 fully saturated rings. The number of carbonyl (C=O) groups excluding carboxylic acids is 1. The third kappa shape index (κ3) is 4.99. The monoisotopic (exact) mass is 247 g/mol. The normalized spacial score (nSPS) is 23.4. The molecule has 0 aliphatic carbocycles. The van der Waals surface area contributed by atoms with Crippen molar-refractivity contribution in [2.24, 2.45) is 0 Å². The lowest BCUT2D eigenvalue weighted by atomic mass is 10.2. The third-order valence-corrected chi connectivity index (χ3v) is 2.71. The molecule has 17 heavy (non-hydrogen) atoms. The van der Waals surface area contributed by atoms with Crippen molar-refractivity contribution in [3.05, 3.63) is 0 Å². The van der Waals surface area contributed by atoms with E-state index in [0.29, 0.717) is 32.9 Å². The van der Waals surface area contributed by atoms with Crippen LogP contribution < -0.4 is 0 Å². The van der Waals surface area contributed by atoms with Crippen LogP contribution in [0.15, 0.2) is 0 Å². The second-order valence-corrected chi connectivity index (χ2v) is 4.07. The van der Waals surface area contributed by atoms with Crippen molar-refractivity contribution in [3.8, 4) is 0 Å². The molecule has 0 amide bonds. The van der Waals surface area contributed by atoms with Crippen molar-refractivity contribution in [2.75, 3.05) is 39.5 Å². The Morgan fingerprint density at radius 2 is 2.41 bits per heavy atom. The number of aliphatic hydroxyl groups is 2. The minimum atomic E-state index is -0.763. The average molecular weight is 247 g/mol. The van der Waals surface area contributed by atoms with Crippen molar-refractivity contribution in [1.82, 2.24) is 4.90 Å². The van der Waals surface area contributed by atoms with Crippen LogP contribution in [0, 0.1) is 0 Å². The zero-order valence-corrected chi connectivity index (χ0v) is 10.2. The van der Waals surface area contributed by atoms with E-state index in [4.69, 9.17) is 14.6 Å². The van der Waals surface area contributed by atoms with Gasteiger partial charge in [-0.3, -0.25) is 9.69 Å². The molecule has 1 rings (SSSR count). The summed E-state index contributed by atoms with van der Waals surface area (Å²) in [6.07, 6.45) is -0.773. The first-order valence-electron chi connectivity index (χ1n) is 5.93. The highest BCUT2D eigenvalue weighted by atomic mass is 16.5. The maximum absolute atomic E-state index is 11.2. The number of β-amino-alcohol motifs (C(OH)–C–C–N with tert-alkyl or cyclic N) is 1. The third-order valence-electron chi connectivity index (χ3n) is 2.71. The summed E-state index contributed by atoms with van der Waals surface area (Å²) < 4.78 is 9.99. The Kier molecular flexibility index (Phi) is 6.43. The van der Waals surface area contributed by atoms with Crippen LogP contribution in [-0.4, -0.2) is 72.7 Å². The van der Waals surface area contributed by atoms with Gasteiger partial charge in [-0.2, -0.15) is 0 Å². The van der Waals surface area contributed by atoms with E-state index in [9.17, 15) is 9.90 Å². The van der Waals surface area contributed by atoms with E-state index >= 15 is 0 Å². The van der Waals surface area contributed by atoms with Gasteiger partial charge in [-0.15, -0.1) is 0 Å². The standard InChI is InChI=1S/C11H21NO5/c1-2-17-11(15)5-10(14)6-12-3-4-16-8-9(12)7-13/h9-10,13-14H,2-8H2,1H3. The fourth-order valence-electron chi connectivity index (χ4n) is 1.85. The lowest BCUT2D eigenvalue weighted by Gasteiger charge is -2.35. The molecule has 0 aromatic carbocycles. The molecule has 1 aliphatic heterocycles. The highest BCUT2D eigenvalue weighted by Gasteiger charge is 2.25. The van der Waals surface area contributed by atoms with Gasteiger partial charge in [0.25, 0.3) is 0 Å². The van der Waals surface area contributed by atoms with Crippen molar-refractivity contribution >= 4 is 5.97 Å². The zero-order chi connectivity index (χ0) is 12.7. The Labute approximate surface area is 101 Å². The number of carbonyl (C=O) groups is 1. The summed E-state index contributed by atoms with van der Waals surface area (Å²) in [5.74, 6) is -0.395. The van der Waals surface area contributed by atoms with Crippen LogP contribution in [0.3, 0.4) is 0 Å². The molecule has 0 spiro atoms. The summed E-state index contributed by atoms with van der Waals surface area (Å²) in [5, 5.41) is 18.9. The van der Waals surface area contributed by atoms with Crippen LogP contribution in [0.25, 0.3) is 0 Å². The van der Waals surface area contributed by atoms with Crippen molar-refractivity contribution in [2.45, 2.75) is 25.5 Å². The molecule has 0 aromatic rings. The number of hydrogen-bond acceptors (Lipinski definition) is 6. The Morgan fingerprint density at radius 3 is 3.06 bits per heavy atom. The lowest BCUT2D eigenvalue weighted by molar-refractivity contribution is -0.146. The van der Waals surface area contributed by atoms with E-state index < -0.39 is 12.1 Å². The van der Waals surface area contributed by atoms with Gasteiger partial charge < -0.3 is 19.7 Å². The van der Waals surface area contributed by atoms with E-state index in [-0.39, 0.29) is 19.1 Å². The smallest absolute Gasteiger partial charge is 0.308 e. The van der Waals surface area contributed by atoms with E-state index in [1.807, 2.05) is 4.90 Å². The SMILES string of the molecule is CCOC(=O)CC(O)CN1CCOCC1CO. The average Bonchev–Trinajstić information content (AvgIpc) is 2.29. The van der Waals surface area contributed by atoms with E-state index in [1.54, 1.807) is 6.92 Å². The summed E-state index contributed by atoms with van der Waals surface area (Å²) >= 11 is 0. The Balaban J connectivity index is 2.33. The molecule has 1 aliphatic rings. The lowest BCUT2D eigenvalue weighted by Crippen LogP contribution is -2.50. The molecule has 1 saturated heterocycles. The first-order valence-corrected chi connectivity index (χ1v) is 5.93. The summed E-state index contributed by atoms with van der Waals surface area (Å²) in [7, 11) is 0. The first kappa shape index (κ1) is 14.4. The Hall–Kier alpha value is -0.690. The molecule has 2 atom stereocenters. The number of rotatable bonds is 6.